The highest BCUT2D eigenvalue weighted by Gasteiger charge is 2.10. The third-order valence-corrected chi connectivity index (χ3v) is 3.80. The maximum Gasteiger partial charge on any atom is 0.269 e. The summed E-state index contributed by atoms with van der Waals surface area (Å²) in [6.07, 6.45) is 4.46. The molecule has 1 aromatic rings. The standard InChI is InChI=1S/C18H24N4O2/c1-14(15-5-3-6-16(23)12-15)11-17(19-2)18(24)21-7-4-9-22-10-8-20-13-22/h3,5-6,11-13,23H,4,7-10H2,1-2H3,(H,21,24)/b14-11+,19-17+. The predicted octanol–water partition coefficient (Wildman–Crippen LogP) is 1.72. The van der Waals surface area contributed by atoms with Gasteiger partial charge in [-0.05, 0) is 42.7 Å². The van der Waals surface area contributed by atoms with E-state index in [2.05, 4.69) is 20.2 Å². The average Bonchev–Trinajstić information content (AvgIpc) is 3.09. The van der Waals surface area contributed by atoms with Crippen LogP contribution in [0, 0.1) is 0 Å². The summed E-state index contributed by atoms with van der Waals surface area (Å²) in [5.74, 6) is 0.0113. The Morgan fingerprint density at radius 1 is 1.50 bits per heavy atom. The van der Waals surface area contributed by atoms with E-state index in [1.807, 2.05) is 19.3 Å². The van der Waals surface area contributed by atoms with Crippen LogP contribution in [0.3, 0.4) is 0 Å². The Morgan fingerprint density at radius 3 is 3.00 bits per heavy atom. The normalized spacial score (nSPS) is 15.0. The lowest BCUT2D eigenvalue weighted by atomic mass is 10.1. The Morgan fingerprint density at radius 2 is 2.33 bits per heavy atom. The first-order chi connectivity index (χ1) is 11.6. The first-order valence-electron chi connectivity index (χ1n) is 8.07. The molecule has 0 bridgehead atoms. The van der Waals surface area contributed by atoms with Crippen molar-refractivity contribution in [3.05, 3.63) is 35.9 Å². The fraction of sp³-hybridized carbons (Fsp3) is 0.389. The summed E-state index contributed by atoms with van der Waals surface area (Å²) >= 11 is 0. The van der Waals surface area contributed by atoms with Crippen LogP contribution < -0.4 is 5.32 Å². The number of amides is 1. The van der Waals surface area contributed by atoms with Crippen molar-refractivity contribution >= 4 is 23.5 Å². The summed E-state index contributed by atoms with van der Waals surface area (Å²) in [4.78, 5) is 22.6. The minimum Gasteiger partial charge on any atom is -0.508 e. The summed E-state index contributed by atoms with van der Waals surface area (Å²) in [6.45, 7) is 5.20. The number of hydrogen-bond acceptors (Lipinski definition) is 5. The molecule has 0 aliphatic carbocycles. The van der Waals surface area contributed by atoms with Gasteiger partial charge in [-0.15, -0.1) is 0 Å². The molecule has 24 heavy (non-hydrogen) atoms. The molecule has 2 N–H and O–H groups in total. The van der Waals surface area contributed by atoms with Gasteiger partial charge in [0.1, 0.15) is 11.5 Å². The van der Waals surface area contributed by atoms with Crippen molar-refractivity contribution < 1.29 is 9.90 Å². The van der Waals surface area contributed by atoms with Crippen LogP contribution in [0.25, 0.3) is 5.57 Å². The molecule has 2 rings (SSSR count). The van der Waals surface area contributed by atoms with Gasteiger partial charge in [0.15, 0.2) is 0 Å². The molecule has 0 aromatic heterocycles. The number of nitrogens with one attached hydrogen (secondary N) is 1. The highest BCUT2D eigenvalue weighted by Crippen LogP contribution is 2.18. The van der Waals surface area contributed by atoms with Crippen LogP contribution in [0.4, 0.5) is 0 Å². The van der Waals surface area contributed by atoms with Gasteiger partial charge in [0.05, 0.1) is 12.9 Å². The molecular weight excluding hydrogens is 304 g/mol. The maximum atomic E-state index is 12.2. The molecule has 0 atom stereocenters. The zero-order valence-electron chi connectivity index (χ0n) is 14.2. The summed E-state index contributed by atoms with van der Waals surface area (Å²) < 4.78 is 0. The number of carbonyl (C=O) groups excluding carboxylic acids is 1. The molecule has 128 valence electrons. The van der Waals surface area contributed by atoms with Gasteiger partial charge in [-0.2, -0.15) is 0 Å². The van der Waals surface area contributed by atoms with Crippen molar-refractivity contribution in [2.24, 2.45) is 9.98 Å². The minimum atomic E-state index is -0.188. The first kappa shape index (κ1) is 17.7. The van der Waals surface area contributed by atoms with Gasteiger partial charge in [0.25, 0.3) is 5.91 Å². The van der Waals surface area contributed by atoms with Crippen molar-refractivity contribution in [1.82, 2.24) is 10.2 Å². The number of phenols is 1. The largest absolute Gasteiger partial charge is 0.508 e. The molecular formula is C18H24N4O2. The first-order valence-corrected chi connectivity index (χ1v) is 8.07. The van der Waals surface area contributed by atoms with E-state index in [9.17, 15) is 9.90 Å². The average molecular weight is 328 g/mol. The van der Waals surface area contributed by atoms with Gasteiger partial charge in [-0.3, -0.25) is 14.8 Å². The van der Waals surface area contributed by atoms with Gasteiger partial charge in [0.2, 0.25) is 0 Å². The summed E-state index contributed by atoms with van der Waals surface area (Å²) in [5, 5.41) is 12.4. The fourth-order valence-electron chi connectivity index (χ4n) is 2.43. The zero-order chi connectivity index (χ0) is 17.4. The van der Waals surface area contributed by atoms with Gasteiger partial charge in [-0.1, -0.05) is 12.1 Å². The number of benzene rings is 1. The Balaban J connectivity index is 1.86. The van der Waals surface area contributed by atoms with Crippen LogP contribution in [0.1, 0.15) is 18.9 Å². The van der Waals surface area contributed by atoms with Crippen LogP contribution in [0.2, 0.25) is 0 Å². The lowest BCUT2D eigenvalue weighted by Crippen LogP contribution is -2.33. The number of hydrogen-bond donors (Lipinski definition) is 2. The molecule has 0 spiro atoms. The summed E-state index contributed by atoms with van der Waals surface area (Å²) in [5.41, 5.74) is 2.10. The third-order valence-electron chi connectivity index (χ3n) is 3.80. The topological polar surface area (TPSA) is 77.3 Å². The third kappa shape index (κ3) is 5.22. The van der Waals surface area contributed by atoms with Crippen molar-refractivity contribution in [3.8, 4) is 5.75 Å². The van der Waals surface area contributed by atoms with Crippen LogP contribution in [0.5, 0.6) is 5.75 Å². The predicted molar refractivity (Wildman–Crippen MR) is 97.7 cm³/mol. The van der Waals surface area contributed by atoms with Crippen molar-refractivity contribution in [3.63, 3.8) is 0 Å². The lowest BCUT2D eigenvalue weighted by molar-refractivity contribution is -0.114. The van der Waals surface area contributed by atoms with Gasteiger partial charge >= 0.3 is 0 Å². The highest BCUT2D eigenvalue weighted by molar-refractivity contribution is 6.44. The van der Waals surface area contributed by atoms with E-state index < -0.39 is 0 Å². The van der Waals surface area contributed by atoms with Crippen molar-refractivity contribution in [2.45, 2.75) is 13.3 Å². The Labute approximate surface area is 142 Å². The van der Waals surface area contributed by atoms with E-state index in [-0.39, 0.29) is 11.7 Å². The molecule has 0 fully saturated rings. The number of allylic oxidation sites excluding steroid dienone is 1. The Kier molecular flexibility index (Phi) is 6.54. The second-order valence-corrected chi connectivity index (χ2v) is 5.65. The van der Waals surface area contributed by atoms with E-state index in [0.29, 0.717) is 12.3 Å². The number of aromatic hydroxyl groups is 1. The number of aliphatic imine (C=N–C) groups is 2. The number of phenolic OH excluding ortho intramolecular Hbond substituents is 1. The summed E-state index contributed by atoms with van der Waals surface area (Å²) in [6, 6.07) is 6.93. The fourth-order valence-corrected chi connectivity index (χ4v) is 2.43. The lowest BCUT2D eigenvalue weighted by Gasteiger charge is -2.13. The molecule has 0 radical (unpaired) electrons. The smallest absolute Gasteiger partial charge is 0.269 e. The van der Waals surface area contributed by atoms with Crippen LogP contribution in [0.15, 0.2) is 40.3 Å². The molecule has 1 aliphatic heterocycles. The number of rotatable bonds is 7. The maximum absolute atomic E-state index is 12.2. The van der Waals surface area contributed by atoms with Gasteiger partial charge in [-0.25, -0.2) is 0 Å². The molecule has 1 aliphatic rings. The zero-order valence-corrected chi connectivity index (χ0v) is 14.2. The molecule has 0 saturated carbocycles. The second-order valence-electron chi connectivity index (χ2n) is 5.65. The van der Waals surface area contributed by atoms with Gasteiger partial charge < -0.3 is 15.3 Å². The quantitative estimate of drug-likeness (QED) is 0.591. The Hall–Kier alpha value is -2.63. The molecule has 6 nitrogen and oxygen atoms in total. The highest BCUT2D eigenvalue weighted by atomic mass is 16.3. The van der Waals surface area contributed by atoms with Crippen LogP contribution >= 0.6 is 0 Å². The molecule has 1 amide bonds. The van der Waals surface area contributed by atoms with E-state index in [4.69, 9.17) is 0 Å². The minimum absolute atomic E-state index is 0.188. The number of nitrogens with zero attached hydrogens (tertiary/aromatic N) is 3. The van der Waals surface area contributed by atoms with Gasteiger partial charge in [0, 0.05) is 26.7 Å². The molecule has 6 heteroatoms. The Bertz CT molecular complexity index is 665. The van der Waals surface area contributed by atoms with E-state index in [1.165, 1.54) is 0 Å². The van der Waals surface area contributed by atoms with Crippen LogP contribution in [-0.4, -0.2) is 61.2 Å². The molecule has 1 heterocycles. The van der Waals surface area contributed by atoms with Crippen molar-refractivity contribution in [2.75, 3.05) is 33.2 Å². The van der Waals surface area contributed by atoms with Crippen molar-refractivity contribution in [1.29, 1.82) is 0 Å². The van der Waals surface area contributed by atoms with E-state index >= 15 is 0 Å². The molecule has 1 aromatic carbocycles. The SMILES string of the molecule is C/N=C(\C=C(/C)c1cccc(O)c1)C(=O)NCCCN1C=NCC1. The second kappa shape index (κ2) is 8.86. The number of carbonyl (C=O) groups is 1. The van der Waals surface area contributed by atoms with E-state index in [1.54, 1.807) is 31.3 Å². The molecule has 0 saturated heterocycles. The summed E-state index contributed by atoms with van der Waals surface area (Å²) in [7, 11) is 1.60. The monoisotopic (exact) mass is 328 g/mol. The molecule has 0 unspecified atom stereocenters. The van der Waals surface area contributed by atoms with Crippen LogP contribution in [-0.2, 0) is 4.79 Å². The van der Waals surface area contributed by atoms with E-state index in [0.717, 1.165) is 37.2 Å².